The molecule has 0 saturated carbocycles. The number of aromatic nitrogens is 1. The summed E-state index contributed by atoms with van der Waals surface area (Å²) in [4.78, 5) is 4.25. The molecule has 3 nitrogen and oxygen atoms in total. The molecule has 1 aromatic rings. The minimum Gasteiger partial charge on any atom is -0.392 e. The van der Waals surface area contributed by atoms with Crippen LogP contribution in [0.4, 0.5) is 0 Å². The zero-order valence-corrected chi connectivity index (χ0v) is 11.1. The molecule has 2 N–H and O–H groups in total. The number of thiazole rings is 1. The number of hydrogen-bond donors (Lipinski definition) is 2. The van der Waals surface area contributed by atoms with Crippen LogP contribution in [0, 0.1) is 5.92 Å². The molecule has 0 aliphatic carbocycles. The molecule has 0 aromatic carbocycles. The van der Waals surface area contributed by atoms with E-state index in [1.165, 1.54) is 0 Å². The summed E-state index contributed by atoms with van der Waals surface area (Å²) in [7, 11) is 0. The molecule has 16 heavy (non-hydrogen) atoms. The van der Waals surface area contributed by atoms with E-state index < -0.39 is 0 Å². The Hall–Kier alpha value is -0.450. The highest BCUT2D eigenvalue weighted by Crippen LogP contribution is 2.16. The third-order valence-electron chi connectivity index (χ3n) is 3.05. The van der Waals surface area contributed by atoms with Crippen molar-refractivity contribution in [3.63, 3.8) is 0 Å². The van der Waals surface area contributed by atoms with E-state index in [-0.39, 0.29) is 12.1 Å². The van der Waals surface area contributed by atoms with E-state index in [1.807, 2.05) is 11.6 Å². The van der Waals surface area contributed by atoms with E-state index >= 15 is 0 Å². The fraction of sp³-hybridized carbons (Fsp3) is 0.750. The van der Waals surface area contributed by atoms with E-state index in [0.29, 0.717) is 12.5 Å². The van der Waals surface area contributed by atoms with Crippen LogP contribution in [0.5, 0.6) is 0 Å². The molecule has 2 unspecified atom stereocenters. The molecule has 1 aromatic heterocycles. The topological polar surface area (TPSA) is 45.1 Å². The quantitative estimate of drug-likeness (QED) is 0.772. The van der Waals surface area contributed by atoms with Crippen molar-refractivity contribution in [3.05, 3.63) is 16.6 Å². The van der Waals surface area contributed by atoms with Crippen molar-refractivity contribution in [3.8, 4) is 0 Å². The number of aliphatic hydroxyl groups excluding tert-OH is 1. The fourth-order valence-corrected chi connectivity index (χ4v) is 2.50. The Bertz CT molecular complexity index is 273. The lowest BCUT2D eigenvalue weighted by molar-refractivity contribution is 0.0989. The molecule has 0 bridgehead atoms. The van der Waals surface area contributed by atoms with Gasteiger partial charge in [0.25, 0.3) is 0 Å². The van der Waals surface area contributed by atoms with Crippen molar-refractivity contribution >= 4 is 11.3 Å². The Morgan fingerprint density at radius 3 is 2.62 bits per heavy atom. The van der Waals surface area contributed by atoms with Gasteiger partial charge in [0.2, 0.25) is 0 Å². The zero-order chi connectivity index (χ0) is 12.0. The number of rotatable bonds is 7. The second-order valence-electron chi connectivity index (χ2n) is 4.14. The Morgan fingerprint density at radius 2 is 2.12 bits per heavy atom. The van der Waals surface area contributed by atoms with Crippen molar-refractivity contribution in [1.82, 2.24) is 10.3 Å². The second kappa shape index (κ2) is 6.99. The number of hydrogen-bond acceptors (Lipinski definition) is 4. The first kappa shape index (κ1) is 13.6. The number of nitrogens with zero attached hydrogens (tertiary/aromatic N) is 1. The standard InChI is InChI=1S/C12H22N2OS/c1-4-10(5-2)11(15)8-14-9(3)12-13-6-7-16-12/h6-7,9-11,14-15H,4-5,8H2,1-3H3. The summed E-state index contributed by atoms with van der Waals surface area (Å²) in [5, 5.41) is 16.4. The predicted molar refractivity (Wildman–Crippen MR) is 68.6 cm³/mol. The summed E-state index contributed by atoms with van der Waals surface area (Å²) < 4.78 is 0. The average molecular weight is 242 g/mol. The molecule has 4 heteroatoms. The molecule has 0 aliphatic rings. The van der Waals surface area contributed by atoms with Crippen molar-refractivity contribution in [1.29, 1.82) is 0 Å². The van der Waals surface area contributed by atoms with Gasteiger partial charge in [0.1, 0.15) is 5.01 Å². The first-order valence-corrected chi connectivity index (χ1v) is 6.87. The molecular formula is C12H22N2OS. The lowest BCUT2D eigenvalue weighted by atomic mass is 9.96. The molecule has 0 fully saturated rings. The van der Waals surface area contributed by atoms with Crippen molar-refractivity contribution in [2.45, 2.75) is 45.8 Å². The highest BCUT2D eigenvalue weighted by atomic mass is 32.1. The van der Waals surface area contributed by atoms with Crippen molar-refractivity contribution in [2.24, 2.45) is 5.92 Å². The lowest BCUT2D eigenvalue weighted by Crippen LogP contribution is -2.33. The van der Waals surface area contributed by atoms with Crippen LogP contribution in [-0.2, 0) is 0 Å². The zero-order valence-electron chi connectivity index (χ0n) is 10.3. The highest BCUT2D eigenvalue weighted by Gasteiger charge is 2.16. The van der Waals surface area contributed by atoms with Gasteiger partial charge in [0, 0.05) is 18.1 Å². The summed E-state index contributed by atoms with van der Waals surface area (Å²) >= 11 is 1.65. The van der Waals surface area contributed by atoms with Crippen LogP contribution in [-0.4, -0.2) is 22.7 Å². The van der Waals surface area contributed by atoms with Gasteiger partial charge in [-0.1, -0.05) is 26.7 Å². The predicted octanol–water partition coefficient (Wildman–Crippen LogP) is 2.59. The van der Waals surface area contributed by atoms with Gasteiger partial charge in [-0.3, -0.25) is 0 Å². The van der Waals surface area contributed by atoms with Crippen LogP contribution in [0.15, 0.2) is 11.6 Å². The van der Waals surface area contributed by atoms with Crippen LogP contribution in [0.3, 0.4) is 0 Å². The largest absolute Gasteiger partial charge is 0.392 e. The minimum atomic E-state index is -0.252. The molecule has 0 saturated heterocycles. The third-order valence-corrected chi connectivity index (χ3v) is 4.01. The summed E-state index contributed by atoms with van der Waals surface area (Å²) in [5.41, 5.74) is 0. The van der Waals surface area contributed by atoms with Crippen LogP contribution in [0.1, 0.15) is 44.7 Å². The van der Waals surface area contributed by atoms with Crippen molar-refractivity contribution < 1.29 is 5.11 Å². The second-order valence-corrected chi connectivity index (χ2v) is 5.07. The Morgan fingerprint density at radius 1 is 1.44 bits per heavy atom. The summed E-state index contributed by atoms with van der Waals surface area (Å²) in [5.74, 6) is 0.399. The SMILES string of the molecule is CCC(CC)C(O)CNC(C)c1nccs1. The van der Waals surface area contributed by atoms with E-state index in [1.54, 1.807) is 11.3 Å². The van der Waals surface area contributed by atoms with Gasteiger partial charge in [-0.05, 0) is 12.8 Å². The van der Waals surface area contributed by atoms with Gasteiger partial charge in [-0.25, -0.2) is 4.98 Å². The summed E-state index contributed by atoms with van der Waals surface area (Å²) in [6.45, 7) is 6.98. The number of nitrogens with one attached hydrogen (secondary N) is 1. The molecule has 92 valence electrons. The van der Waals surface area contributed by atoms with Crippen LogP contribution >= 0.6 is 11.3 Å². The molecule has 1 rings (SSSR count). The van der Waals surface area contributed by atoms with E-state index in [4.69, 9.17) is 0 Å². The molecular weight excluding hydrogens is 220 g/mol. The average Bonchev–Trinajstić information content (AvgIpc) is 2.81. The third kappa shape index (κ3) is 3.85. The van der Waals surface area contributed by atoms with Gasteiger partial charge < -0.3 is 10.4 Å². The van der Waals surface area contributed by atoms with Gasteiger partial charge in [0.15, 0.2) is 0 Å². The summed E-state index contributed by atoms with van der Waals surface area (Å²) in [6.07, 6.45) is 3.63. The van der Waals surface area contributed by atoms with Crippen LogP contribution < -0.4 is 5.32 Å². The first-order valence-electron chi connectivity index (χ1n) is 5.99. The van der Waals surface area contributed by atoms with E-state index in [2.05, 4.69) is 31.1 Å². The van der Waals surface area contributed by atoms with Crippen LogP contribution in [0.25, 0.3) is 0 Å². The molecule has 0 radical (unpaired) electrons. The maximum absolute atomic E-state index is 9.98. The highest BCUT2D eigenvalue weighted by molar-refractivity contribution is 7.09. The smallest absolute Gasteiger partial charge is 0.109 e. The molecule has 0 aliphatic heterocycles. The van der Waals surface area contributed by atoms with Crippen LogP contribution in [0.2, 0.25) is 0 Å². The molecule has 0 spiro atoms. The monoisotopic (exact) mass is 242 g/mol. The Labute approximate surface area is 102 Å². The van der Waals surface area contributed by atoms with E-state index in [9.17, 15) is 5.11 Å². The van der Waals surface area contributed by atoms with E-state index in [0.717, 1.165) is 17.8 Å². The first-order chi connectivity index (χ1) is 7.69. The lowest BCUT2D eigenvalue weighted by Gasteiger charge is -2.22. The maximum Gasteiger partial charge on any atom is 0.109 e. The Kier molecular flexibility index (Phi) is 5.95. The maximum atomic E-state index is 9.98. The molecule has 2 atom stereocenters. The van der Waals surface area contributed by atoms with Crippen molar-refractivity contribution in [2.75, 3.05) is 6.54 Å². The summed E-state index contributed by atoms with van der Waals surface area (Å²) in [6, 6.07) is 0.226. The fourth-order valence-electron chi connectivity index (χ4n) is 1.83. The van der Waals surface area contributed by atoms with Gasteiger partial charge in [-0.15, -0.1) is 11.3 Å². The molecule has 1 heterocycles. The number of aliphatic hydroxyl groups is 1. The van der Waals surface area contributed by atoms with Gasteiger partial charge in [-0.2, -0.15) is 0 Å². The normalized spacial score (nSPS) is 15.3. The molecule has 0 amide bonds. The van der Waals surface area contributed by atoms with Gasteiger partial charge >= 0.3 is 0 Å². The van der Waals surface area contributed by atoms with Gasteiger partial charge in [0.05, 0.1) is 12.1 Å². The Balaban J connectivity index is 2.34. The minimum absolute atomic E-state index is 0.226.